The average molecular weight is 207 g/mol. The van der Waals surface area contributed by atoms with Crippen molar-refractivity contribution in [2.45, 2.75) is 19.3 Å². The number of aromatic nitrogens is 1. The lowest BCUT2D eigenvalue weighted by atomic mass is 10.1. The monoisotopic (exact) mass is 207 g/mol. The molecule has 1 fully saturated rings. The van der Waals surface area contributed by atoms with Crippen LogP contribution in [-0.2, 0) is 6.42 Å². The van der Waals surface area contributed by atoms with Gasteiger partial charge in [-0.3, -0.25) is 0 Å². The van der Waals surface area contributed by atoms with Crippen LogP contribution in [0.2, 0.25) is 0 Å². The Kier molecular flexibility index (Phi) is 3.44. The largest absolute Gasteiger partial charge is 0.365 e. The molecule has 0 unspecified atom stereocenters. The lowest BCUT2D eigenvalue weighted by Gasteiger charge is -2.15. The standard InChI is InChI=1S/C12H21N3/c1-13-9-12(5-6-12)10-14-8-4-11-3-2-7-15-11/h2-3,7,13-15H,4-6,8-10H2,1H3. The van der Waals surface area contributed by atoms with Gasteiger partial charge in [0.25, 0.3) is 0 Å². The minimum atomic E-state index is 0.574. The first-order valence-electron chi connectivity index (χ1n) is 5.82. The summed E-state index contributed by atoms with van der Waals surface area (Å²) in [5.74, 6) is 0. The fraction of sp³-hybridized carbons (Fsp3) is 0.667. The van der Waals surface area contributed by atoms with Crippen LogP contribution in [0.15, 0.2) is 18.3 Å². The third-order valence-electron chi connectivity index (χ3n) is 3.24. The Hall–Kier alpha value is -0.800. The van der Waals surface area contributed by atoms with E-state index in [9.17, 15) is 0 Å². The molecule has 84 valence electrons. The molecule has 0 saturated heterocycles. The molecule has 1 aliphatic rings. The Balaban J connectivity index is 1.59. The highest BCUT2D eigenvalue weighted by atomic mass is 14.9. The van der Waals surface area contributed by atoms with Crippen LogP contribution in [0, 0.1) is 5.41 Å². The van der Waals surface area contributed by atoms with Crippen molar-refractivity contribution in [2.75, 3.05) is 26.7 Å². The van der Waals surface area contributed by atoms with Gasteiger partial charge < -0.3 is 15.6 Å². The van der Waals surface area contributed by atoms with Gasteiger partial charge in [0.2, 0.25) is 0 Å². The summed E-state index contributed by atoms with van der Waals surface area (Å²) < 4.78 is 0. The van der Waals surface area contributed by atoms with E-state index in [1.807, 2.05) is 13.2 Å². The van der Waals surface area contributed by atoms with Crippen LogP contribution >= 0.6 is 0 Å². The topological polar surface area (TPSA) is 39.8 Å². The third-order valence-corrected chi connectivity index (χ3v) is 3.24. The Labute approximate surface area is 91.7 Å². The molecule has 0 spiro atoms. The SMILES string of the molecule is CNCC1(CNCCc2ccc[nH]2)CC1. The van der Waals surface area contributed by atoms with E-state index in [4.69, 9.17) is 0 Å². The van der Waals surface area contributed by atoms with E-state index in [-0.39, 0.29) is 0 Å². The summed E-state index contributed by atoms with van der Waals surface area (Å²) >= 11 is 0. The maximum Gasteiger partial charge on any atom is 0.0159 e. The minimum Gasteiger partial charge on any atom is -0.365 e. The molecule has 0 bridgehead atoms. The number of hydrogen-bond donors (Lipinski definition) is 3. The quantitative estimate of drug-likeness (QED) is 0.587. The van der Waals surface area contributed by atoms with Gasteiger partial charge in [-0.25, -0.2) is 0 Å². The predicted molar refractivity (Wildman–Crippen MR) is 63.0 cm³/mol. The fourth-order valence-electron chi connectivity index (χ4n) is 2.07. The lowest BCUT2D eigenvalue weighted by Crippen LogP contribution is -2.32. The van der Waals surface area contributed by atoms with Crippen LogP contribution in [-0.4, -0.2) is 31.7 Å². The van der Waals surface area contributed by atoms with Crippen molar-refractivity contribution in [1.29, 1.82) is 0 Å². The summed E-state index contributed by atoms with van der Waals surface area (Å²) in [4.78, 5) is 3.22. The first-order chi connectivity index (χ1) is 7.35. The molecule has 0 atom stereocenters. The molecule has 0 radical (unpaired) electrons. The third kappa shape index (κ3) is 3.08. The van der Waals surface area contributed by atoms with Crippen molar-refractivity contribution in [1.82, 2.24) is 15.6 Å². The second kappa shape index (κ2) is 4.81. The Bertz CT molecular complexity index is 275. The van der Waals surface area contributed by atoms with Crippen LogP contribution in [0.25, 0.3) is 0 Å². The number of H-pyrrole nitrogens is 1. The molecular weight excluding hydrogens is 186 g/mol. The van der Waals surface area contributed by atoms with Gasteiger partial charge in [0.15, 0.2) is 0 Å². The van der Waals surface area contributed by atoms with E-state index in [0.717, 1.165) is 26.1 Å². The highest BCUT2D eigenvalue weighted by Gasteiger charge is 2.41. The van der Waals surface area contributed by atoms with Crippen molar-refractivity contribution in [2.24, 2.45) is 5.41 Å². The second-order valence-corrected chi connectivity index (χ2v) is 4.65. The summed E-state index contributed by atoms with van der Waals surface area (Å²) in [5, 5.41) is 6.83. The molecule has 1 saturated carbocycles. The molecule has 1 aromatic heterocycles. The minimum absolute atomic E-state index is 0.574. The molecule has 0 aromatic carbocycles. The van der Waals surface area contributed by atoms with Crippen molar-refractivity contribution in [3.8, 4) is 0 Å². The van der Waals surface area contributed by atoms with Crippen LogP contribution in [0.5, 0.6) is 0 Å². The summed E-state index contributed by atoms with van der Waals surface area (Å²) in [6, 6.07) is 4.20. The first kappa shape index (κ1) is 10.7. The molecule has 15 heavy (non-hydrogen) atoms. The molecule has 1 aliphatic carbocycles. The van der Waals surface area contributed by atoms with Gasteiger partial charge in [-0.2, -0.15) is 0 Å². The zero-order valence-electron chi connectivity index (χ0n) is 9.47. The average Bonchev–Trinajstić information content (AvgIpc) is 2.80. The van der Waals surface area contributed by atoms with Crippen LogP contribution in [0.3, 0.4) is 0 Å². The Morgan fingerprint density at radius 1 is 1.40 bits per heavy atom. The molecule has 1 heterocycles. The van der Waals surface area contributed by atoms with Gasteiger partial charge in [-0.15, -0.1) is 0 Å². The fourth-order valence-corrected chi connectivity index (χ4v) is 2.07. The van der Waals surface area contributed by atoms with Gasteiger partial charge >= 0.3 is 0 Å². The number of rotatable bonds is 7. The second-order valence-electron chi connectivity index (χ2n) is 4.65. The van der Waals surface area contributed by atoms with Gasteiger partial charge in [0.1, 0.15) is 0 Å². The van der Waals surface area contributed by atoms with Crippen molar-refractivity contribution >= 4 is 0 Å². The predicted octanol–water partition coefficient (Wildman–Crippen LogP) is 1.15. The highest BCUT2D eigenvalue weighted by Crippen LogP contribution is 2.44. The molecule has 0 aliphatic heterocycles. The van der Waals surface area contributed by atoms with Gasteiger partial charge in [0.05, 0.1) is 0 Å². The van der Waals surface area contributed by atoms with Crippen LogP contribution < -0.4 is 10.6 Å². The van der Waals surface area contributed by atoms with E-state index < -0.39 is 0 Å². The molecule has 3 nitrogen and oxygen atoms in total. The Morgan fingerprint density at radius 2 is 2.27 bits per heavy atom. The van der Waals surface area contributed by atoms with Gasteiger partial charge in [-0.1, -0.05) is 0 Å². The normalized spacial score (nSPS) is 17.9. The molecular formula is C12H21N3. The first-order valence-corrected chi connectivity index (χ1v) is 5.82. The number of nitrogens with one attached hydrogen (secondary N) is 3. The van der Waals surface area contributed by atoms with Crippen molar-refractivity contribution < 1.29 is 0 Å². The maximum absolute atomic E-state index is 3.55. The van der Waals surface area contributed by atoms with Gasteiger partial charge in [-0.05, 0) is 43.9 Å². The van der Waals surface area contributed by atoms with Crippen LogP contribution in [0.1, 0.15) is 18.5 Å². The zero-order valence-corrected chi connectivity index (χ0v) is 9.47. The van der Waals surface area contributed by atoms with Gasteiger partial charge in [0, 0.05) is 31.5 Å². The molecule has 0 amide bonds. The van der Waals surface area contributed by atoms with Crippen molar-refractivity contribution in [3.63, 3.8) is 0 Å². The lowest BCUT2D eigenvalue weighted by molar-refractivity contribution is 0.440. The molecule has 3 N–H and O–H groups in total. The van der Waals surface area contributed by atoms with E-state index in [1.54, 1.807) is 0 Å². The summed E-state index contributed by atoms with van der Waals surface area (Å²) in [6.45, 7) is 3.39. The molecule has 3 heteroatoms. The highest BCUT2D eigenvalue weighted by molar-refractivity contribution is 5.04. The molecule has 1 aromatic rings. The molecule has 2 rings (SSSR count). The van der Waals surface area contributed by atoms with E-state index >= 15 is 0 Å². The van der Waals surface area contributed by atoms with Crippen LogP contribution in [0.4, 0.5) is 0 Å². The Morgan fingerprint density at radius 3 is 2.87 bits per heavy atom. The summed E-state index contributed by atoms with van der Waals surface area (Å²) in [6.07, 6.45) is 5.84. The zero-order chi connectivity index (χ0) is 10.6. The van der Waals surface area contributed by atoms with Crippen molar-refractivity contribution in [3.05, 3.63) is 24.0 Å². The van der Waals surface area contributed by atoms with E-state index in [2.05, 4.69) is 27.8 Å². The summed E-state index contributed by atoms with van der Waals surface area (Å²) in [7, 11) is 2.04. The number of aromatic amines is 1. The van der Waals surface area contributed by atoms with E-state index in [1.165, 1.54) is 18.5 Å². The smallest absolute Gasteiger partial charge is 0.0159 e. The summed E-state index contributed by atoms with van der Waals surface area (Å²) in [5.41, 5.74) is 1.89. The van der Waals surface area contributed by atoms with E-state index in [0.29, 0.717) is 5.41 Å². The number of hydrogen-bond acceptors (Lipinski definition) is 2. The maximum atomic E-state index is 3.55.